The van der Waals surface area contributed by atoms with E-state index in [1.165, 1.54) is 15.8 Å². The predicted octanol–water partition coefficient (Wildman–Crippen LogP) is 3.68. The van der Waals surface area contributed by atoms with Crippen LogP contribution in [0, 0.1) is 0 Å². The Labute approximate surface area is 186 Å². The number of nitrogens with zero attached hydrogens (tertiary/aromatic N) is 5. The van der Waals surface area contributed by atoms with Crippen molar-refractivity contribution >= 4 is 28.2 Å². The number of para-hydroxylation sites is 1. The lowest BCUT2D eigenvalue weighted by Crippen LogP contribution is -2.39. The summed E-state index contributed by atoms with van der Waals surface area (Å²) < 4.78 is 4.40. The molecule has 0 aliphatic heterocycles. The summed E-state index contributed by atoms with van der Waals surface area (Å²) in [4.78, 5) is 6.03. The molecule has 0 saturated carbocycles. The third kappa shape index (κ3) is 5.73. The first kappa shape index (κ1) is 21.1. The number of rotatable bonds is 10. The highest BCUT2D eigenvalue weighted by molar-refractivity contribution is 7.09. The molecule has 7 nitrogen and oxygen atoms in total. The van der Waals surface area contributed by atoms with Gasteiger partial charge in [-0.2, -0.15) is 0 Å². The van der Waals surface area contributed by atoms with Gasteiger partial charge in [-0.1, -0.05) is 31.2 Å². The normalized spacial score (nSPS) is 11.8. The number of aryl methyl sites for hydroxylation is 2. The van der Waals surface area contributed by atoms with Gasteiger partial charge in [0.2, 0.25) is 0 Å². The SMILES string of the molecule is CCc1nncn1CCNC(=NCc1cccs1)NCCCn1ccc2ccccc21. The molecule has 2 N–H and O–H groups in total. The first-order chi connectivity index (χ1) is 15.3. The Morgan fingerprint density at radius 1 is 1.03 bits per heavy atom. The van der Waals surface area contributed by atoms with Crippen LogP contribution in [0.2, 0.25) is 0 Å². The van der Waals surface area contributed by atoms with Gasteiger partial charge in [0.1, 0.15) is 12.2 Å². The van der Waals surface area contributed by atoms with E-state index in [2.05, 4.69) is 90.9 Å². The fourth-order valence-electron chi connectivity index (χ4n) is 3.56. The molecule has 3 aromatic heterocycles. The Morgan fingerprint density at radius 3 is 2.81 bits per heavy atom. The molecule has 0 unspecified atom stereocenters. The lowest BCUT2D eigenvalue weighted by molar-refractivity contribution is 0.617. The second kappa shape index (κ2) is 10.8. The van der Waals surface area contributed by atoms with Gasteiger partial charge in [-0.3, -0.25) is 0 Å². The van der Waals surface area contributed by atoms with E-state index < -0.39 is 0 Å². The molecule has 8 heteroatoms. The first-order valence-corrected chi connectivity index (χ1v) is 11.7. The molecule has 0 saturated heterocycles. The number of thiophene rings is 1. The summed E-state index contributed by atoms with van der Waals surface area (Å²) in [7, 11) is 0. The van der Waals surface area contributed by atoms with Crippen molar-refractivity contribution in [1.82, 2.24) is 30.0 Å². The number of nitrogens with one attached hydrogen (secondary N) is 2. The first-order valence-electron chi connectivity index (χ1n) is 10.8. The second-order valence-electron chi connectivity index (χ2n) is 7.31. The van der Waals surface area contributed by atoms with Crippen LogP contribution in [0.15, 0.2) is 65.4 Å². The molecule has 0 atom stereocenters. The van der Waals surface area contributed by atoms with E-state index in [4.69, 9.17) is 4.99 Å². The lowest BCUT2D eigenvalue weighted by atomic mass is 10.2. The molecular weight excluding hydrogens is 406 g/mol. The van der Waals surface area contributed by atoms with E-state index in [0.29, 0.717) is 6.54 Å². The van der Waals surface area contributed by atoms with Crippen molar-refractivity contribution in [3.63, 3.8) is 0 Å². The molecule has 0 aliphatic carbocycles. The van der Waals surface area contributed by atoms with Crippen molar-refractivity contribution in [2.75, 3.05) is 13.1 Å². The van der Waals surface area contributed by atoms with Crippen LogP contribution < -0.4 is 10.6 Å². The van der Waals surface area contributed by atoms with Gasteiger partial charge in [0, 0.05) is 49.2 Å². The molecular formula is C23H29N7S. The van der Waals surface area contributed by atoms with Gasteiger partial charge < -0.3 is 19.8 Å². The van der Waals surface area contributed by atoms with E-state index in [9.17, 15) is 0 Å². The minimum Gasteiger partial charge on any atom is -0.356 e. The molecule has 0 fully saturated rings. The molecule has 31 heavy (non-hydrogen) atoms. The predicted molar refractivity (Wildman–Crippen MR) is 127 cm³/mol. The Kier molecular flexibility index (Phi) is 7.33. The van der Waals surface area contributed by atoms with E-state index in [-0.39, 0.29) is 0 Å². The quantitative estimate of drug-likeness (QED) is 0.226. The van der Waals surface area contributed by atoms with Crippen LogP contribution in [0.25, 0.3) is 10.9 Å². The van der Waals surface area contributed by atoms with Crippen molar-refractivity contribution in [2.45, 2.75) is 39.4 Å². The van der Waals surface area contributed by atoms with Crippen LogP contribution in [0.3, 0.4) is 0 Å². The standard InChI is InChI=1S/C23H29N7S/c1-2-22-28-27-18-30(22)15-12-25-23(26-17-20-8-5-16-31-20)24-11-6-13-29-14-10-19-7-3-4-9-21(19)29/h3-5,7-10,14,16,18H,2,6,11-13,15,17H2,1H3,(H2,24,25,26). The topological polar surface area (TPSA) is 72.1 Å². The Hall–Kier alpha value is -3.13. The lowest BCUT2D eigenvalue weighted by Gasteiger charge is -2.14. The minimum atomic E-state index is 0.683. The van der Waals surface area contributed by atoms with Crippen LogP contribution in [0.5, 0.6) is 0 Å². The number of aliphatic imine (C=N–C) groups is 1. The minimum absolute atomic E-state index is 0.683. The van der Waals surface area contributed by atoms with E-state index in [1.54, 1.807) is 17.7 Å². The van der Waals surface area contributed by atoms with Crippen molar-refractivity contribution in [1.29, 1.82) is 0 Å². The van der Waals surface area contributed by atoms with E-state index in [0.717, 1.165) is 50.8 Å². The number of benzene rings is 1. The van der Waals surface area contributed by atoms with Crippen molar-refractivity contribution < 1.29 is 0 Å². The summed E-state index contributed by atoms with van der Waals surface area (Å²) in [6.45, 7) is 6.18. The fourth-order valence-corrected chi connectivity index (χ4v) is 4.19. The molecule has 162 valence electrons. The Bertz CT molecular complexity index is 1090. The van der Waals surface area contributed by atoms with Crippen LogP contribution in [-0.4, -0.2) is 38.4 Å². The monoisotopic (exact) mass is 435 g/mol. The molecule has 4 rings (SSSR count). The maximum Gasteiger partial charge on any atom is 0.191 e. The van der Waals surface area contributed by atoms with Gasteiger partial charge in [-0.15, -0.1) is 21.5 Å². The zero-order valence-electron chi connectivity index (χ0n) is 17.9. The summed E-state index contributed by atoms with van der Waals surface area (Å²) in [5.74, 6) is 1.85. The Balaban J connectivity index is 1.30. The van der Waals surface area contributed by atoms with Crippen molar-refractivity contribution in [2.24, 2.45) is 4.99 Å². The van der Waals surface area contributed by atoms with Crippen molar-refractivity contribution in [3.05, 3.63) is 71.1 Å². The smallest absolute Gasteiger partial charge is 0.191 e. The summed E-state index contributed by atoms with van der Waals surface area (Å²) in [5, 5.41) is 18.5. The Morgan fingerprint density at radius 2 is 1.94 bits per heavy atom. The second-order valence-corrected chi connectivity index (χ2v) is 8.35. The highest BCUT2D eigenvalue weighted by Crippen LogP contribution is 2.15. The molecule has 3 heterocycles. The summed E-state index contributed by atoms with van der Waals surface area (Å²) in [6.07, 6.45) is 5.85. The fraction of sp³-hybridized carbons (Fsp3) is 0.348. The maximum atomic E-state index is 4.77. The van der Waals surface area contributed by atoms with Gasteiger partial charge in [-0.25, -0.2) is 4.99 Å². The van der Waals surface area contributed by atoms with Gasteiger partial charge in [0.25, 0.3) is 0 Å². The van der Waals surface area contributed by atoms with E-state index >= 15 is 0 Å². The van der Waals surface area contributed by atoms with E-state index in [1.807, 2.05) is 0 Å². The number of aromatic nitrogens is 4. The largest absolute Gasteiger partial charge is 0.356 e. The summed E-state index contributed by atoms with van der Waals surface area (Å²) in [5.41, 5.74) is 1.29. The molecule has 0 spiro atoms. The molecule has 0 radical (unpaired) electrons. The highest BCUT2D eigenvalue weighted by atomic mass is 32.1. The number of hydrogen-bond acceptors (Lipinski definition) is 4. The third-order valence-electron chi connectivity index (χ3n) is 5.18. The molecule has 0 amide bonds. The van der Waals surface area contributed by atoms with Crippen LogP contribution in [0.1, 0.15) is 24.0 Å². The van der Waals surface area contributed by atoms with Gasteiger partial charge in [0.15, 0.2) is 5.96 Å². The van der Waals surface area contributed by atoms with Crippen LogP contribution >= 0.6 is 11.3 Å². The van der Waals surface area contributed by atoms with Gasteiger partial charge in [-0.05, 0) is 35.4 Å². The van der Waals surface area contributed by atoms with Crippen molar-refractivity contribution in [3.8, 4) is 0 Å². The average Bonchev–Trinajstić information content (AvgIpc) is 3.55. The zero-order valence-corrected chi connectivity index (χ0v) is 18.7. The van der Waals surface area contributed by atoms with Crippen LogP contribution in [-0.2, 0) is 26.1 Å². The molecule has 0 aliphatic rings. The maximum absolute atomic E-state index is 4.77. The summed E-state index contributed by atoms with van der Waals surface area (Å²) >= 11 is 1.73. The van der Waals surface area contributed by atoms with Crippen LogP contribution in [0.4, 0.5) is 0 Å². The molecule has 0 bridgehead atoms. The molecule has 1 aromatic carbocycles. The molecule has 4 aromatic rings. The highest BCUT2D eigenvalue weighted by Gasteiger charge is 2.04. The number of fused-ring (bicyclic) bond motifs is 1. The number of guanidine groups is 1. The zero-order chi connectivity index (χ0) is 21.3. The number of hydrogen-bond donors (Lipinski definition) is 2. The van der Waals surface area contributed by atoms with Gasteiger partial charge >= 0.3 is 0 Å². The third-order valence-corrected chi connectivity index (χ3v) is 6.04. The van der Waals surface area contributed by atoms with Gasteiger partial charge in [0.05, 0.1) is 6.54 Å². The average molecular weight is 436 g/mol. The summed E-state index contributed by atoms with van der Waals surface area (Å²) in [6, 6.07) is 14.9.